The number of aromatic nitrogens is 1. The molecule has 1 rings (SSSR count). The molecule has 0 saturated carbocycles. The summed E-state index contributed by atoms with van der Waals surface area (Å²) in [5.74, 6) is 0.0449. The summed E-state index contributed by atoms with van der Waals surface area (Å²) in [6.45, 7) is 0. The van der Waals surface area contributed by atoms with Crippen LogP contribution in [0.25, 0.3) is 0 Å². The van der Waals surface area contributed by atoms with Crippen LogP contribution in [0.3, 0.4) is 0 Å². The van der Waals surface area contributed by atoms with E-state index in [0.29, 0.717) is 4.60 Å². The van der Waals surface area contributed by atoms with Crippen LogP contribution in [0.5, 0.6) is 0 Å². The second-order valence-corrected chi connectivity index (χ2v) is 2.44. The molecule has 0 saturated heterocycles. The molecule has 0 aliphatic heterocycles. The normalized spacial score (nSPS) is 9.56. The highest BCUT2D eigenvalue weighted by atomic mass is 79.9. The van der Waals surface area contributed by atoms with Crippen LogP contribution in [0.15, 0.2) is 15.2 Å². The van der Waals surface area contributed by atoms with Gasteiger partial charge in [-0.1, -0.05) is 5.16 Å². The van der Waals surface area contributed by atoms with Crippen molar-refractivity contribution in [2.45, 2.75) is 0 Å². The molecule has 0 aromatic carbocycles. The Kier molecular flexibility index (Phi) is 1.87. The Hall–Kier alpha value is -0.350. The van der Waals surface area contributed by atoms with Crippen molar-refractivity contribution in [3.8, 4) is 0 Å². The highest BCUT2D eigenvalue weighted by Crippen LogP contribution is 2.11. The van der Waals surface area contributed by atoms with Gasteiger partial charge in [0.1, 0.15) is 4.60 Å². The molecular formula is C4HBrClNO2. The first-order valence-corrected chi connectivity index (χ1v) is 3.19. The summed E-state index contributed by atoms with van der Waals surface area (Å²) in [5, 5.41) is 2.73. The zero-order valence-corrected chi connectivity index (χ0v) is 6.44. The lowest BCUT2D eigenvalue weighted by Crippen LogP contribution is -1.81. The van der Waals surface area contributed by atoms with E-state index in [1.807, 2.05) is 0 Å². The van der Waals surface area contributed by atoms with E-state index in [1.165, 1.54) is 6.07 Å². The molecule has 0 aliphatic carbocycles. The number of halogens is 2. The molecule has 0 spiro atoms. The van der Waals surface area contributed by atoms with Crippen LogP contribution in [-0.2, 0) is 0 Å². The minimum absolute atomic E-state index is 0.0449. The lowest BCUT2D eigenvalue weighted by atomic mass is 10.5. The number of rotatable bonds is 1. The van der Waals surface area contributed by atoms with Crippen molar-refractivity contribution >= 4 is 32.8 Å². The quantitative estimate of drug-likeness (QED) is 0.664. The number of hydrogen-bond acceptors (Lipinski definition) is 3. The van der Waals surface area contributed by atoms with Crippen LogP contribution in [0.1, 0.15) is 10.6 Å². The summed E-state index contributed by atoms with van der Waals surface area (Å²) < 4.78 is 4.91. The fourth-order valence-electron chi connectivity index (χ4n) is 0.346. The Balaban J connectivity index is 2.98. The molecule has 0 aliphatic rings. The van der Waals surface area contributed by atoms with Gasteiger partial charge in [-0.2, -0.15) is 0 Å². The lowest BCUT2D eigenvalue weighted by molar-refractivity contribution is 0.104. The van der Waals surface area contributed by atoms with Crippen molar-refractivity contribution in [2.24, 2.45) is 0 Å². The van der Waals surface area contributed by atoms with E-state index in [1.54, 1.807) is 0 Å². The molecule has 0 N–H and O–H groups in total. The summed E-state index contributed by atoms with van der Waals surface area (Å²) in [6.07, 6.45) is 0. The average molecular weight is 210 g/mol. The first kappa shape index (κ1) is 6.77. The predicted molar refractivity (Wildman–Crippen MR) is 34.4 cm³/mol. The van der Waals surface area contributed by atoms with E-state index in [9.17, 15) is 4.79 Å². The summed E-state index contributed by atoms with van der Waals surface area (Å²) in [4.78, 5) is 10.3. The van der Waals surface area contributed by atoms with Gasteiger partial charge in [-0.15, -0.1) is 0 Å². The standard InChI is InChI=1S/C4HBrClNO2/c5-3-1-2(4(6)8)9-7-3/h1H. The van der Waals surface area contributed by atoms with Gasteiger partial charge in [-0.25, -0.2) is 0 Å². The second-order valence-electron chi connectivity index (χ2n) is 1.29. The van der Waals surface area contributed by atoms with Crippen LogP contribution >= 0.6 is 27.5 Å². The summed E-state index contributed by atoms with van der Waals surface area (Å²) >= 11 is 8.01. The first-order chi connectivity index (χ1) is 4.20. The Bertz CT molecular complexity index is 234. The zero-order chi connectivity index (χ0) is 6.85. The van der Waals surface area contributed by atoms with Crippen LogP contribution in [0.4, 0.5) is 0 Å². The van der Waals surface area contributed by atoms with Gasteiger partial charge in [-0.05, 0) is 27.5 Å². The summed E-state index contributed by atoms with van der Waals surface area (Å²) in [5.41, 5.74) is 0. The first-order valence-electron chi connectivity index (χ1n) is 2.02. The molecule has 0 atom stereocenters. The van der Waals surface area contributed by atoms with Gasteiger partial charge in [0.25, 0.3) is 5.24 Å². The van der Waals surface area contributed by atoms with E-state index < -0.39 is 5.24 Å². The molecule has 5 heteroatoms. The van der Waals surface area contributed by atoms with Gasteiger partial charge in [0, 0.05) is 6.07 Å². The molecule has 0 amide bonds. The topological polar surface area (TPSA) is 43.1 Å². The van der Waals surface area contributed by atoms with Crippen molar-refractivity contribution in [3.63, 3.8) is 0 Å². The maximum atomic E-state index is 10.3. The number of carbonyl (C=O) groups is 1. The molecule has 0 unspecified atom stereocenters. The lowest BCUT2D eigenvalue weighted by Gasteiger charge is -1.74. The van der Waals surface area contributed by atoms with E-state index in [-0.39, 0.29) is 5.76 Å². The average Bonchev–Trinajstić information content (AvgIpc) is 2.14. The molecule has 0 bridgehead atoms. The number of nitrogens with zero attached hydrogens (tertiary/aromatic N) is 1. The zero-order valence-electron chi connectivity index (χ0n) is 4.10. The molecule has 0 fully saturated rings. The summed E-state index contributed by atoms with van der Waals surface area (Å²) in [6, 6.07) is 1.40. The van der Waals surface area contributed by atoms with Crippen molar-refractivity contribution in [3.05, 3.63) is 16.4 Å². The minimum atomic E-state index is -0.645. The smallest absolute Gasteiger partial charge is 0.290 e. The van der Waals surface area contributed by atoms with Crippen molar-refractivity contribution in [1.29, 1.82) is 0 Å². The SMILES string of the molecule is O=C(Cl)c1cc(Br)no1. The molecule has 3 nitrogen and oxygen atoms in total. The number of hydrogen-bond donors (Lipinski definition) is 0. The van der Waals surface area contributed by atoms with Crippen LogP contribution in [0.2, 0.25) is 0 Å². The van der Waals surface area contributed by atoms with E-state index in [4.69, 9.17) is 11.6 Å². The van der Waals surface area contributed by atoms with E-state index in [0.717, 1.165) is 0 Å². The van der Waals surface area contributed by atoms with Crippen molar-refractivity contribution in [2.75, 3.05) is 0 Å². The maximum absolute atomic E-state index is 10.3. The molecule has 1 heterocycles. The minimum Gasteiger partial charge on any atom is -0.351 e. The van der Waals surface area contributed by atoms with Crippen molar-refractivity contribution in [1.82, 2.24) is 5.16 Å². The van der Waals surface area contributed by atoms with Gasteiger partial charge < -0.3 is 4.52 Å². The number of carbonyl (C=O) groups excluding carboxylic acids is 1. The largest absolute Gasteiger partial charge is 0.351 e. The Morgan fingerprint density at radius 3 is 2.78 bits per heavy atom. The predicted octanol–water partition coefficient (Wildman–Crippen LogP) is 1.82. The fraction of sp³-hybridized carbons (Fsp3) is 0. The van der Waals surface area contributed by atoms with Crippen LogP contribution in [0, 0.1) is 0 Å². The molecule has 0 radical (unpaired) electrons. The Labute approximate surface area is 64.1 Å². The Morgan fingerprint density at radius 1 is 1.89 bits per heavy atom. The summed E-state index contributed by atoms with van der Waals surface area (Å²) in [7, 11) is 0. The maximum Gasteiger partial charge on any atom is 0.290 e. The molecule has 1 aromatic rings. The Morgan fingerprint density at radius 2 is 2.56 bits per heavy atom. The third-order valence-corrected chi connectivity index (χ3v) is 1.24. The van der Waals surface area contributed by atoms with Crippen LogP contribution in [-0.4, -0.2) is 10.4 Å². The second kappa shape index (κ2) is 2.49. The fourth-order valence-corrected chi connectivity index (χ4v) is 0.716. The molecule has 48 valence electrons. The van der Waals surface area contributed by atoms with E-state index >= 15 is 0 Å². The van der Waals surface area contributed by atoms with Gasteiger partial charge in [0.15, 0.2) is 0 Å². The van der Waals surface area contributed by atoms with Crippen molar-refractivity contribution < 1.29 is 9.32 Å². The highest BCUT2D eigenvalue weighted by molar-refractivity contribution is 9.10. The molecular weight excluding hydrogens is 209 g/mol. The van der Waals surface area contributed by atoms with E-state index in [2.05, 4.69) is 25.6 Å². The van der Waals surface area contributed by atoms with Gasteiger partial charge >= 0.3 is 0 Å². The van der Waals surface area contributed by atoms with Gasteiger partial charge in [-0.3, -0.25) is 4.79 Å². The third kappa shape index (κ3) is 1.53. The van der Waals surface area contributed by atoms with Gasteiger partial charge in [0.2, 0.25) is 5.76 Å². The monoisotopic (exact) mass is 209 g/mol. The van der Waals surface area contributed by atoms with Crippen LogP contribution < -0.4 is 0 Å². The highest BCUT2D eigenvalue weighted by Gasteiger charge is 2.07. The third-order valence-electron chi connectivity index (χ3n) is 0.675. The molecule has 1 aromatic heterocycles. The van der Waals surface area contributed by atoms with Gasteiger partial charge in [0.05, 0.1) is 0 Å². The molecule has 9 heavy (non-hydrogen) atoms.